The summed E-state index contributed by atoms with van der Waals surface area (Å²) < 4.78 is 9.23. The number of halogens is 1. The monoisotopic (exact) mass is 189 g/mol. The van der Waals surface area contributed by atoms with E-state index in [1.807, 2.05) is 0 Å². The summed E-state index contributed by atoms with van der Waals surface area (Å²) in [5, 5.41) is 3.50. The van der Waals surface area contributed by atoms with Gasteiger partial charge in [-0.1, -0.05) is 5.16 Å². The number of aryl methyl sites for hydroxylation is 1. The molecule has 0 aromatic carbocycles. The van der Waals surface area contributed by atoms with Crippen LogP contribution in [0.2, 0.25) is 0 Å². The van der Waals surface area contributed by atoms with Gasteiger partial charge in [-0.25, -0.2) is 4.79 Å². The number of hydrogen-bond donors (Lipinski definition) is 0. The molecule has 0 saturated carbocycles. The SMILES string of the molecule is COC(=O)c1cc(CCCl)on1. The lowest BCUT2D eigenvalue weighted by atomic mass is 10.3. The molecular weight excluding hydrogens is 182 g/mol. The van der Waals surface area contributed by atoms with Crippen molar-refractivity contribution in [3.05, 3.63) is 17.5 Å². The topological polar surface area (TPSA) is 52.3 Å². The van der Waals surface area contributed by atoms with Gasteiger partial charge in [-0.2, -0.15) is 0 Å². The van der Waals surface area contributed by atoms with Gasteiger partial charge in [0.2, 0.25) is 0 Å². The molecule has 0 spiro atoms. The molecule has 0 unspecified atom stereocenters. The number of carbonyl (C=O) groups excluding carboxylic acids is 1. The van der Waals surface area contributed by atoms with Crippen LogP contribution in [0.15, 0.2) is 10.6 Å². The molecule has 0 amide bonds. The molecule has 0 aliphatic carbocycles. The molecule has 0 N–H and O–H groups in total. The second-order valence-electron chi connectivity index (χ2n) is 2.11. The second kappa shape index (κ2) is 4.11. The van der Waals surface area contributed by atoms with Gasteiger partial charge in [-0.15, -0.1) is 11.6 Å². The lowest BCUT2D eigenvalue weighted by Gasteiger charge is -1.88. The Kier molecular flexibility index (Phi) is 3.10. The number of esters is 1. The van der Waals surface area contributed by atoms with Crippen LogP contribution in [0.3, 0.4) is 0 Å². The molecule has 4 nitrogen and oxygen atoms in total. The number of rotatable bonds is 3. The van der Waals surface area contributed by atoms with Crippen LogP contribution in [-0.4, -0.2) is 24.1 Å². The van der Waals surface area contributed by atoms with E-state index in [-0.39, 0.29) is 5.69 Å². The van der Waals surface area contributed by atoms with Crippen LogP contribution in [0.5, 0.6) is 0 Å². The van der Waals surface area contributed by atoms with E-state index in [4.69, 9.17) is 16.1 Å². The van der Waals surface area contributed by atoms with E-state index in [0.717, 1.165) is 0 Å². The van der Waals surface area contributed by atoms with Gasteiger partial charge in [-0.3, -0.25) is 0 Å². The van der Waals surface area contributed by atoms with Gasteiger partial charge >= 0.3 is 5.97 Å². The molecule has 0 atom stereocenters. The van der Waals surface area contributed by atoms with E-state index < -0.39 is 5.97 Å². The average Bonchev–Trinajstić information content (AvgIpc) is 2.52. The average molecular weight is 190 g/mol. The highest BCUT2D eigenvalue weighted by Gasteiger charge is 2.11. The Morgan fingerprint density at radius 2 is 2.58 bits per heavy atom. The van der Waals surface area contributed by atoms with Gasteiger partial charge < -0.3 is 9.26 Å². The summed E-state index contributed by atoms with van der Waals surface area (Å²) in [6.07, 6.45) is 0.561. The van der Waals surface area contributed by atoms with E-state index in [2.05, 4.69) is 9.89 Å². The van der Waals surface area contributed by atoms with Gasteiger partial charge in [0.05, 0.1) is 7.11 Å². The Hall–Kier alpha value is -1.03. The lowest BCUT2D eigenvalue weighted by Crippen LogP contribution is -2.00. The highest BCUT2D eigenvalue weighted by Crippen LogP contribution is 2.05. The van der Waals surface area contributed by atoms with Crippen LogP contribution < -0.4 is 0 Å². The number of alkyl halides is 1. The first-order valence-corrected chi connectivity index (χ1v) is 3.91. The molecule has 0 bridgehead atoms. The van der Waals surface area contributed by atoms with Crippen molar-refractivity contribution in [2.75, 3.05) is 13.0 Å². The molecule has 1 aromatic heterocycles. The Morgan fingerprint density at radius 3 is 3.17 bits per heavy atom. The van der Waals surface area contributed by atoms with E-state index >= 15 is 0 Å². The van der Waals surface area contributed by atoms with Crippen LogP contribution in [0, 0.1) is 0 Å². The minimum Gasteiger partial charge on any atom is -0.464 e. The number of nitrogens with zero attached hydrogens (tertiary/aromatic N) is 1. The highest BCUT2D eigenvalue weighted by molar-refractivity contribution is 6.17. The van der Waals surface area contributed by atoms with Gasteiger partial charge in [0.15, 0.2) is 5.69 Å². The number of aromatic nitrogens is 1. The molecular formula is C7H8ClNO3. The standard InChI is InChI=1S/C7H8ClNO3/c1-11-7(10)6-4-5(2-3-8)12-9-6/h4H,2-3H2,1H3. The molecule has 0 aliphatic heterocycles. The van der Waals surface area contributed by atoms with Crippen molar-refractivity contribution in [1.29, 1.82) is 0 Å². The summed E-state index contributed by atoms with van der Waals surface area (Å²) in [4.78, 5) is 10.9. The predicted molar refractivity (Wildman–Crippen MR) is 42.3 cm³/mol. The third-order valence-electron chi connectivity index (χ3n) is 1.29. The summed E-state index contributed by atoms with van der Waals surface area (Å²) in [6.45, 7) is 0. The fraction of sp³-hybridized carbons (Fsp3) is 0.429. The molecule has 0 saturated heterocycles. The zero-order valence-electron chi connectivity index (χ0n) is 6.54. The fourth-order valence-corrected chi connectivity index (χ4v) is 0.911. The minimum absolute atomic E-state index is 0.178. The quantitative estimate of drug-likeness (QED) is 0.530. The second-order valence-corrected chi connectivity index (χ2v) is 2.49. The molecule has 0 radical (unpaired) electrons. The smallest absolute Gasteiger partial charge is 0.360 e. The van der Waals surface area contributed by atoms with Crippen LogP contribution in [0.25, 0.3) is 0 Å². The summed E-state index contributed by atoms with van der Waals surface area (Å²) in [6, 6.07) is 1.52. The van der Waals surface area contributed by atoms with E-state index in [1.54, 1.807) is 0 Å². The zero-order valence-corrected chi connectivity index (χ0v) is 7.30. The van der Waals surface area contributed by atoms with Gasteiger partial charge in [-0.05, 0) is 0 Å². The van der Waals surface area contributed by atoms with Crippen molar-refractivity contribution >= 4 is 17.6 Å². The first-order chi connectivity index (χ1) is 5.77. The van der Waals surface area contributed by atoms with Crippen molar-refractivity contribution in [2.24, 2.45) is 0 Å². The van der Waals surface area contributed by atoms with Crippen molar-refractivity contribution in [3.63, 3.8) is 0 Å². The molecule has 1 rings (SSSR count). The highest BCUT2D eigenvalue weighted by atomic mass is 35.5. The Balaban J connectivity index is 2.70. The lowest BCUT2D eigenvalue weighted by molar-refractivity contribution is 0.0589. The third-order valence-corrected chi connectivity index (χ3v) is 1.48. The molecule has 0 aliphatic rings. The first kappa shape index (κ1) is 9.06. The maximum absolute atomic E-state index is 10.9. The molecule has 66 valence electrons. The largest absolute Gasteiger partial charge is 0.464 e. The number of methoxy groups -OCH3 is 1. The molecule has 0 fully saturated rings. The van der Waals surface area contributed by atoms with Crippen LogP contribution in [-0.2, 0) is 11.2 Å². The van der Waals surface area contributed by atoms with Gasteiger partial charge in [0.25, 0.3) is 0 Å². The van der Waals surface area contributed by atoms with Gasteiger partial charge in [0.1, 0.15) is 5.76 Å². The molecule has 12 heavy (non-hydrogen) atoms. The fourth-order valence-electron chi connectivity index (χ4n) is 0.725. The van der Waals surface area contributed by atoms with E-state index in [9.17, 15) is 4.79 Å². The summed E-state index contributed by atoms with van der Waals surface area (Å²) in [7, 11) is 1.29. The summed E-state index contributed by atoms with van der Waals surface area (Å²) >= 11 is 5.45. The van der Waals surface area contributed by atoms with Crippen molar-refractivity contribution in [2.45, 2.75) is 6.42 Å². The maximum Gasteiger partial charge on any atom is 0.360 e. The zero-order chi connectivity index (χ0) is 8.97. The van der Waals surface area contributed by atoms with Crippen molar-refractivity contribution in [3.8, 4) is 0 Å². The van der Waals surface area contributed by atoms with Crippen LogP contribution in [0.4, 0.5) is 0 Å². The van der Waals surface area contributed by atoms with Crippen LogP contribution in [0.1, 0.15) is 16.2 Å². The Morgan fingerprint density at radius 1 is 1.83 bits per heavy atom. The van der Waals surface area contributed by atoms with E-state index in [1.165, 1.54) is 13.2 Å². The van der Waals surface area contributed by atoms with Crippen LogP contribution >= 0.6 is 11.6 Å². The normalized spacial score (nSPS) is 9.83. The molecule has 5 heteroatoms. The Bertz CT molecular complexity index is 271. The summed E-state index contributed by atoms with van der Waals surface area (Å²) in [5.41, 5.74) is 0.178. The van der Waals surface area contributed by atoms with Gasteiger partial charge in [0, 0.05) is 18.4 Å². The summed E-state index contributed by atoms with van der Waals surface area (Å²) in [5.74, 6) is 0.528. The first-order valence-electron chi connectivity index (χ1n) is 3.37. The molecule has 1 aromatic rings. The third kappa shape index (κ3) is 1.98. The minimum atomic E-state index is -0.500. The van der Waals surface area contributed by atoms with Crippen molar-refractivity contribution < 1.29 is 14.1 Å². The van der Waals surface area contributed by atoms with E-state index in [0.29, 0.717) is 18.1 Å². The maximum atomic E-state index is 10.9. The molecule has 1 heterocycles. The number of hydrogen-bond acceptors (Lipinski definition) is 4. The predicted octanol–water partition coefficient (Wildman–Crippen LogP) is 1.24. The van der Waals surface area contributed by atoms with Crippen molar-refractivity contribution in [1.82, 2.24) is 5.16 Å². The Labute approximate surface area is 74.4 Å². The number of carbonyl (C=O) groups is 1. The number of ether oxygens (including phenoxy) is 1.